The van der Waals surface area contributed by atoms with Crippen LogP contribution in [0.5, 0.6) is 0 Å². The lowest BCUT2D eigenvalue weighted by Gasteiger charge is -2.29. The normalized spacial score (nSPS) is 12.1. The maximum Gasteiger partial charge on any atom is 0.124 e. The van der Waals surface area contributed by atoms with E-state index in [4.69, 9.17) is 4.74 Å². The molecule has 1 nitrogen and oxygen atoms in total. The maximum atomic E-state index is 5.98. The number of allylic oxidation sites excluding steroid dienone is 2. The van der Waals surface area contributed by atoms with Crippen LogP contribution in [0, 0.1) is 17.3 Å². The van der Waals surface area contributed by atoms with Gasteiger partial charge in [0.1, 0.15) is 6.10 Å². The van der Waals surface area contributed by atoms with Crippen molar-refractivity contribution >= 4 is 0 Å². The Morgan fingerprint density at radius 2 is 1.95 bits per heavy atom. The number of ether oxygens (including phenoxy) is 1. The van der Waals surface area contributed by atoms with Crippen molar-refractivity contribution in [2.24, 2.45) is 5.41 Å². The summed E-state index contributed by atoms with van der Waals surface area (Å²) < 4.78 is 5.98. The van der Waals surface area contributed by atoms with Crippen LogP contribution in [-0.2, 0) is 11.3 Å². The van der Waals surface area contributed by atoms with E-state index in [1.807, 2.05) is 24.3 Å². The van der Waals surface area contributed by atoms with E-state index in [0.29, 0.717) is 6.61 Å². The lowest BCUT2D eigenvalue weighted by molar-refractivity contribution is 0.00365. The summed E-state index contributed by atoms with van der Waals surface area (Å²) in [5.74, 6) is 6.03. The van der Waals surface area contributed by atoms with Gasteiger partial charge in [-0.1, -0.05) is 68.7 Å². The van der Waals surface area contributed by atoms with Crippen molar-refractivity contribution in [1.29, 1.82) is 0 Å². The van der Waals surface area contributed by atoms with Crippen molar-refractivity contribution in [3.63, 3.8) is 0 Å². The van der Waals surface area contributed by atoms with Gasteiger partial charge in [-0.05, 0) is 18.1 Å². The second-order valence-corrected chi connectivity index (χ2v) is 5.15. The molecule has 0 fully saturated rings. The molecule has 100 valence electrons. The topological polar surface area (TPSA) is 9.23 Å². The predicted octanol–water partition coefficient (Wildman–Crippen LogP) is 4.36. The van der Waals surface area contributed by atoms with E-state index in [-0.39, 0.29) is 11.5 Å². The first-order valence-electron chi connectivity index (χ1n) is 6.48. The average Bonchev–Trinajstić information content (AvgIpc) is 2.39. The summed E-state index contributed by atoms with van der Waals surface area (Å²) in [5, 5.41) is 0. The molecule has 0 aliphatic carbocycles. The molecule has 0 saturated heterocycles. The number of hydrogen-bond acceptors (Lipinski definition) is 1. The standard InChI is InChI=1S/C18H22O/c1-5-7-13-17(18(3,4)14-6-2)19-15-16-11-9-8-10-12-16/h5-6,8-12,17H,1-2,14-15H2,3-4H3. The van der Waals surface area contributed by atoms with E-state index in [1.165, 1.54) is 0 Å². The van der Waals surface area contributed by atoms with Gasteiger partial charge in [0, 0.05) is 5.41 Å². The molecule has 0 radical (unpaired) electrons. The molecule has 0 aromatic heterocycles. The molecule has 0 spiro atoms. The van der Waals surface area contributed by atoms with E-state index < -0.39 is 0 Å². The minimum Gasteiger partial charge on any atom is -0.360 e. The highest BCUT2D eigenvalue weighted by atomic mass is 16.5. The van der Waals surface area contributed by atoms with Crippen LogP contribution in [0.1, 0.15) is 25.8 Å². The summed E-state index contributed by atoms with van der Waals surface area (Å²) in [4.78, 5) is 0. The van der Waals surface area contributed by atoms with E-state index in [9.17, 15) is 0 Å². The van der Waals surface area contributed by atoms with Gasteiger partial charge in [0.15, 0.2) is 0 Å². The first kappa shape index (κ1) is 15.3. The lowest BCUT2D eigenvalue weighted by Crippen LogP contribution is -2.30. The molecular weight excluding hydrogens is 232 g/mol. The van der Waals surface area contributed by atoms with Gasteiger partial charge in [0.05, 0.1) is 6.61 Å². The first-order valence-corrected chi connectivity index (χ1v) is 6.48. The maximum absolute atomic E-state index is 5.98. The fourth-order valence-electron chi connectivity index (χ4n) is 1.83. The van der Waals surface area contributed by atoms with Gasteiger partial charge < -0.3 is 4.74 Å². The first-order chi connectivity index (χ1) is 9.10. The monoisotopic (exact) mass is 254 g/mol. The Labute approximate surface area is 117 Å². The van der Waals surface area contributed by atoms with Crippen molar-refractivity contribution < 1.29 is 4.74 Å². The molecule has 0 N–H and O–H groups in total. The van der Waals surface area contributed by atoms with Crippen LogP contribution >= 0.6 is 0 Å². The van der Waals surface area contributed by atoms with Gasteiger partial charge in [-0.15, -0.1) is 6.58 Å². The lowest BCUT2D eigenvalue weighted by atomic mass is 9.83. The van der Waals surface area contributed by atoms with Crippen LogP contribution in [0.25, 0.3) is 0 Å². The van der Waals surface area contributed by atoms with Crippen molar-refractivity contribution in [1.82, 2.24) is 0 Å². The number of rotatable bonds is 6. The molecular formula is C18H22O. The summed E-state index contributed by atoms with van der Waals surface area (Å²) in [5.41, 5.74) is 1.09. The Morgan fingerprint density at radius 3 is 2.53 bits per heavy atom. The zero-order chi connectivity index (χ0) is 14.1. The molecule has 1 rings (SSSR count). The molecule has 1 heteroatoms. The van der Waals surface area contributed by atoms with Crippen molar-refractivity contribution in [3.8, 4) is 11.8 Å². The van der Waals surface area contributed by atoms with E-state index in [2.05, 4.69) is 51.0 Å². The summed E-state index contributed by atoms with van der Waals surface area (Å²) >= 11 is 0. The molecule has 0 aliphatic heterocycles. The quantitative estimate of drug-likeness (QED) is 0.541. The van der Waals surface area contributed by atoms with Crippen LogP contribution in [0.15, 0.2) is 55.6 Å². The highest BCUT2D eigenvalue weighted by molar-refractivity contribution is 5.19. The summed E-state index contributed by atoms with van der Waals surface area (Å²) in [7, 11) is 0. The fraction of sp³-hybridized carbons (Fsp3) is 0.333. The van der Waals surface area contributed by atoms with E-state index >= 15 is 0 Å². The molecule has 0 saturated carbocycles. The third kappa shape index (κ3) is 5.16. The van der Waals surface area contributed by atoms with E-state index in [1.54, 1.807) is 6.08 Å². The summed E-state index contributed by atoms with van der Waals surface area (Å²) in [6, 6.07) is 10.1. The third-order valence-electron chi connectivity index (χ3n) is 2.96. The fourth-order valence-corrected chi connectivity index (χ4v) is 1.83. The molecule has 1 aromatic rings. The zero-order valence-corrected chi connectivity index (χ0v) is 11.9. The van der Waals surface area contributed by atoms with Crippen LogP contribution < -0.4 is 0 Å². The Kier molecular flexibility index (Phi) is 6.12. The smallest absolute Gasteiger partial charge is 0.124 e. The summed E-state index contributed by atoms with van der Waals surface area (Å²) in [6.45, 7) is 12.3. The highest BCUT2D eigenvalue weighted by Gasteiger charge is 2.27. The second-order valence-electron chi connectivity index (χ2n) is 5.15. The van der Waals surface area contributed by atoms with Gasteiger partial charge in [0.25, 0.3) is 0 Å². The van der Waals surface area contributed by atoms with Gasteiger partial charge in [-0.25, -0.2) is 0 Å². The molecule has 0 heterocycles. The second kappa shape index (κ2) is 7.61. The molecule has 19 heavy (non-hydrogen) atoms. The largest absolute Gasteiger partial charge is 0.360 e. The van der Waals surface area contributed by atoms with Crippen molar-refractivity contribution in [2.45, 2.75) is 33.0 Å². The van der Waals surface area contributed by atoms with Gasteiger partial charge in [0.2, 0.25) is 0 Å². The molecule has 0 amide bonds. The minimum absolute atomic E-state index is 0.0630. The molecule has 0 bridgehead atoms. The number of hydrogen-bond donors (Lipinski definition) is 0. The van der Waals surface area contributed by atoms with Crippen molar-refractivity contribution in [3.05, 3.63) is 61.2 Å². The number of benzene rings is 1. The van der Waals surface area contributed by atoms with Gasteiger partial charge in [-0.2, -0.15) is 0 Å². The Bertz CT molecular complexity index is 459. The molecule has 0 aliphatic rings. The Hall–Kier alpha value is -1.78. The van der Waals surface area contributed by atoms with Crippen LogP contribution in [0.4, 0.5) is 0 Å². The predicted molar refractivity (Wildman–Crippen MR) is 81.6 cm³/mol. The molecule has 1 atom stereocenters. The Morgan fingerprint density at radius 1 is 1.26 bits per heavy atom. The SMILES string of the molecule is C=CC#CC(OCc1ccccc1)C(C)(C)CC=C. The average molecular weight is 254 g/mol. The van der Waals surface area contributed by atoms with Gasteiger partial charge in [-0.3, -0.25) is 0 Å². The minimum atomic E-state index is -0.135. The molecule has 1 aromatic carbocycles. The Balaban J connectivity index is 2.75. The van der Waals surface area contributed by atoms with Crippen molar-refractivity contribution in [2.75, 3.05) is 0 Å². The van der Waals surface area contributed by atoms with Crippen LogP contribution in [0.3, 0.4) is 0 Å². The van der Waals surface area contributed by atoms with E-state index in [0.717, 1.165) is 12.0 Å². The molecule has 1 unspecified atom stereocenters. The van der Waals surface area contributed by atoms with Crippen LogP contribution in [-0.4, -0.2) is 6.10 Å². The highest BCUT2D eigenvalue weighted by Crippen LogP contribution is 2.28. The summed E-state index contributed by atoms with van der Waals surface area (Å²) in [6.07, 6.45) is 4.24. The zero-order valence-electron chi connectivity index (χ0n) is 11.9. The van der Waals surface area contributed by atoms with Gasteiger partial charge >= 0.3 is 0 Å². The third-order valence-corrected chi connectivity index (χ3v) is 2.96. The van der Waals surface area contributed by atoms with Crippen LogP contribution in [0.2, 0.25) is 0 Å².